The van der Waals surface area contributed by atoms with Crippen molar-refractivity contribution in [3.63, 3.8) is 0 Å². The Morgan fingerprint density at radius 2 is 0.909 bits per heavy atom. The van der Waals surface area contributed by atoms with Crippen LogP contribution < -0.4 is 5.32 Å². The minimum Gasteiger partial charge on any atom is -0.394 e. The van der Waals surface area contributed by atoms with Crippen LogP contribution in [0.3, 0.4) is 0 Å². The summed E-state index contributed by atoms with van der Waals surface area (Å²) in [7, 11) is 0. The smallest absolute Gasteiger partial charge is 0.249 e. The maximum absolute atomic E-state index is 12.4. The molecule has 0 saturated carbocycles. The summed E-state index contributed by atoms with van der Waals surface area (Å²) in [5.74, 6) is -0.592. The normalized spacial score (nSPS) is 14.6. The summed E-state index contributed by atoms with van der Waals surface area (Å²) < 4.78 is 0. The maximum Gasteiger partial charge on any atom is 0.249 e. The topological polar surface area (TPSA) is 110 Å². The van der Waals surface area contributed by atoms with Crippen LogP contribution in [0.1, 0.15) is 194 Å². The van der Waals surface area contributed by atoms with Gasteiger partial charge in [-0.2, -0.15) is 0 Å². The first-order valence-corrected chi connectivity index (χ1v) is 19.1. The quantitative estimate of drug-likeness (QED) is 0.0362. The first kappa shape index (κ1) is 43.0. The van der Waals surface area contributed by atoms with E-state index in [0.29, 0.717) is 12.8 Å². The van der Waals surface area contributed by atoms with E-state index < -0.39 is 36.9 Å². The number of aliphatic hydroxyl groups is 4. The van der Waals surface area contributed by atoms with Crippen molar-refractivity contribution in [1.29, 1.82) is 0 Å². The zero-order valence-electron chi connectivity index (χ0n) is 29.2. The van der Waals surface area contributed by atoms with Crippen molar-refractivity contribution in [1.82, 2.24) is 5.32 Å². The largest absolute Gasteiger partial charge is 0.394 e. The highest BCUT2D eigenvalue weighted by atomic mass is 16.3. The summed E-state index contributed by atoms with van der Waals surface area (Å²) >= 11 is 0. The molecule has 1 amide bonds. The summed E-state index contributed by atoms with van der Waals surface area (Å²) in [6, 6.07) is -0.991. The highest BCUT2D eigenvalue weighted by molar-refractivity contribution is 5.80. The van der Waals surface area contributed by atoms with Crippen LogP contribution in [0.5, 0.6) is 0 Å². The molecular formula is C38H75NO5. The van der Waals surface area contributed by atoms with Gasteiger partial charge in [-0.25, -0.2) is 0 Å². The van der Waals surface area contributed by atoms with E-state index in [-0.39, 0.29) is 0 Å². The molecule has 0 radical (unpaired) electrons. The summed E-state index contributed by atoms with van der Waals surface area (Å²) in [6.45, 7) is 4.02. The van der Waals surface area contributed by atoms with Crippen LogP contribution in [-0.4, -0.2) is 57.3 Å². The van der Waals surface area contributed by atoms with Gasteiger partial charge in [0.25, 0.3) is 0 Å². The lowest BCUT2D eigenvalue weighted by Crippen LogP contribution is -2.53. The lowest BCUT2D eigenvalue weighted by molar-refractivity contribution is -0.132. The van der Waals surface area contributed by atoms with Gasteiger partial charge in [-0.15, -0.1) is 0 Å². The zero-order chi connectivity index (χ0) is 32.5. The third-order valence-electron chi connectivity index (χ3n) is 8.98. The maximum atomic E-state index is 12.4. The van der Waals surface area contributed by atoms with Crippen molar-refractivity contribution in [2.24, 2.45) is 0 Å². The van der Waals surface area contributed by atoms with Gasteiger partial charge in [0.05, 0.1) is 18.8 Å². The van der Waals surface area contributed by atoms with E-state index in [1.165, 1.54) is 122 Å². The first-order valence-electron chi connectivity index (χ1n) is 19.1. The number of unbranched alkanes of at least 4 members (excludes halogenated alkanes) is 23. The highest BCUT2D eigenvalue weighted by Gasteiger charge is 2.28. The molecule has 6 nitrogen and oxygen atoms in total. The summed E-state index contributed by atoms with van der Waals surface area (Å²) in [5, 5.41) is 43.4. The van der Waals surface area contributed by atoms with Gasteiger partial charge in [-0.1, -0.05) is 167 Å². The molecule has 0 bridgehead atoms. The summed E-state index contributed by atoms with van der Waals surface area (Å²) in [5.41, 5.74) is 0. The van der Waals surface area contributed by atoms with Gasteiger partial charge in [0.2, 0.25) is 5.91 Å². The number of aliphatic hydroxyl groups excluding tert-OH is 4. The van der Waals surface area contributed by atoms with Gasteiger partial charge in [-0.05, 0) is 38.5 Å². The second-order valence-corrected chi connectivity index (χ2v) is 13.3. The minimum absolute atomic E-state index is 0.368. The van der Waals surface area contributed by atoms with Gasteiger partial charge < -0.3 is 25.7 Å². The van der Waals surface area contributed by atoms with Crippen molar-refractivity contribution >= 4 is 5.91 Å². The Labute approximate surface area is 272 Å². The fourth-order valence-electron chi connectivity index (χ4n) is 5.87. The van der Waals surface area contributed by atoms with Crippen LogP contribution in [0.25, 0.3) is 0 Å². The van der Waals surface area contributed by atoms with Crippen molar-refractivity contribution < 1.29 is 25.2 Å². The van der Waals surface area contributed by atoms with E-state index in [2.05, 4.69) is 31.3 Å². The standard InChI is InChI=1S/C38H75NO5/c1-3-5-7-9-11-13-15-17-18-19-20-22-23-25-27-29-31-35(41)37(43)34(33-40)39-38(44)36(42)32-30-28-26-24-21-16-14-12-10-8-6-4-2/h22-23,34-37,40-43H,3-21,24-33H2,1-2H3,(H,39,44). The van der Waals surface area contributed by atoms with Crippen LogP contribution in [0.2, 0.25) is 0 Å². The zero-order valence-corrected chi connectivity index (χ0v) is 29.2. The lowest BCUT2D eigenvalue weighted by atomic mass is 9.99. The molecule has 0 fully saturated rings. The van der Waals surface area contributed by atoms with Crippen LogP contribution >= 0.6 is 0 Å². The van der Waals surface area contributed by atoms with Gasteiger partial charge in [-0.3, -0.25) is 4.79 Å². The molecule has 0 aliphatic rings. The van der Waals surface area contributed by atoms with E-state index in [0.717, 1.165) is 44.9 Å². The van der Waals surface area contributed by atoms with E-state index >= 15 is 0 Å². The molecule has 0 rings (SSSR count). The van der Waals surface area contributed by atoms with E-state index in [9.17, 15) is 25.2 Å². The number of nitrogens with one attached hydrogen (secondary N) is 1. The van der Waals surface area contributed by atoms with E-state index in [4.69, 9.17) is 0 Å². The molecule has 5 N–H and O–H groups in total. The molecule has 0 saturated heterocycles. The van der Waals surface area contributed by atoms with Crippen LogP contribution in [-0.2, 0) is 4.79 Å². The van der Waals surface area contributed by atoms with Crippen LogP contribution in [0.4, 0.5) is 0 Å². The average molecular weight is 626 g/mol. The Kier molecular flexibility index (Phi) is 32.7. The molecule has 0 aromatic rings. The van der Waals surface area contributed by atoms with Crippen molar-refractivity contribution in [3.8, 4) is 0 Å². The fourth-order valence-corrected chi connectivity index (χ4v) is 5.87. The van der Waals surface area contributed by atoms with Crippen molar-refractivity contribution in [2.75, 3.05) is 6.61 Å². The Bertz CT molecular complexity index is 628. The van der Waals surface area contributed by atoms with Gasteiger partial charge in [0, 0.05) is 0 Å². The number of carbonyl (C=O) groups is 1. The Morgan fingerprint density at radius 3 is 1.34 bits per heavy atom. The molecule has 0 aromatic heterocycles. The molecule has 0 aliphatic carbocycles. The fraction of sp³-hybridized carbons (Fsp3) is 0.921. The predicted octanol–water partition coefficient (Wildman–Crippen LogP) is 9.07. The molecular weight excluding hydrogens is 550 g/mol. The summed E-state index contributed by atoms with van der Waals surface area (Å²) in [6.07, 6.45) is 33.7. The lowest BCUT2D eigenvalue weighted by Gasteiger charge is -2.27. The number of hydrogen-bond donors (Lipinski definition) is 5. The number of allylic oxidation sites excluding steroid dienone is 2. The highest BCUT2D eigenvalue weighted by Crippen LogP contribution is 2.15. The number of carbonyl (C=O) groups excluding carboxylic acids is 1. The third-order valence-corrected chi connectivity index (χ3v) is 8.98. The monoisotopic (exact) mass is 626 g/mol. The Hall–Kier alpha value is -0.950. The molecule has 44 heavy (non-hydrogen) atoms. The molecule has 6 heteroatoms. The van der Waals surface area contributed by atoms with Crippen molar-refractivity contribution in [2.45, 2.75) is 218 Å². The van der Waals surface area contributed by atoms with E-state index in [1.807, 2.05) is 0 Å². The number of amides is 1. The second-order valence-electron chi connectivity index (χ2n) is 13.3. The van der Waals surface area contributed by atoms with Gasteiger partial charge >= 0.3 is 0 Å². The number of rotatable bonds is 34. The van der Waals surface area contributed by atoms with Crippen LogP contribution in [0, 0.1) is 0 Å². The molecule has 0 heterocycles. The molecule has 0 spiro atoms. The Balaban J connectivity index is 3.83. The van der Waals surface area contributed by atoms with Gasteiger partial charge in [0.1, 0.15) is 12.2 Å². The second kappa shape index (κ2) is 33.4. The van der Waals surface area contributed by atoms with Crippen LogP contribution in [0.15, 0.2) is 12.2 Å². The summed E-state index contributed by atoms with van der Waals surface area (Å²) in [4.78, 5) is 12.4. The molecule has 262 valence electrons. The Morgan fingerprint density at radius 1 is 0.545 bits per heavy atom. The molecule has 4 atom stereocenters. The first-order chi connectivity index (χ1) is 21.5. The molecule has 0 aliphatic heterocycles. The van der Waals surface area contributed by atoms with Crippen molar-refractivity contribution in [3.05, 3.63) is 12.2 Å². The minimum atomic E-state index is -1.27. The third kappa shape index (κ3) is 27.4. The molecule has 0 aromatic carbocycles. The number of hydrogen-bond acceptors (Lipinski definition) is 5. The average Bonchev–Trinajstić information content (AvgIpc) is 3.03. The molecule has 4 unspecified atom stereocenters. The SMILES string of the molecule is CCCCCCCCCCCCC=CCCCCC(O)C(O)C(CO)NC(=O)C(O)CCCCCCCCCCCCCC. The predicted molar refractivity (Wildman–Crippen MR) is 187 cm³/mol. The van der Waals surface area contributed by atoms with Gasteiger partial charge in [0.15, 0.2) is 0 Å². The van der Waals surface area contributed by atoms with E-state index in [1.54, 1.807) is 0 Å².